The Morgan fingerprint density at radius 1 is 0.963 bits per heavy atom. The molecule has 1 heterocycles. The molecule has 27 heavy (non-hydrogen) atoms. The van der Waals surface area contributed by atoms with Gasteiger partial charge in [-0.15, -0.1) is 0 Å². The van der Waals surface area contributed by atoms with Crippen LogP contribution in [0.25, 0.3) is 0 Å². The summed E-state index contributed by atoms with van der Waals surface area (Å²) in [4.78, 5) is 21.3. The van der Waals surface area contributed by atoms with Crippen LogP contribution in [0.5, 0.6) is 17.2 Å². The fourth-order valence-electron chi connectivity index (χ4n) is 2.42. The van der Waals surface area contributed by atoms with Gasteiger partial charge in [0.05, 0.1) is 21.3 Å². The Kier molecular flexibility index (Phi) is 6.09. The fourth-order valence-corrected chi connectivity index (χ4v) is 2.42. The van der Waals surface area contributed by atoms with Gasteiger partial charge in [0.1, 0.15) is 5.69 Å². The van der Waals surface area contributed by atoms with Crippen molar-refractivity contribution in [2.45, 2.75) is 33.2 Å². The van der Waals surface area contributed by atoms with E-state index < -0.39 is 0 Å². The second-order valence-corrected chi connectivity index (χ2v) is 6.96. The van der Waals surface area contributed by atoms with Gasteiger partial charge in [0.2, 0.25) is 11.7 Å². The highest BCUT2D eigenvalue weighted by Crippen LogP contribution is 2.40. The number of hydrogen-bond donors (Lipinski definition) is 2. The van der Waals surface area contributed by atoms with Crippen molar-refractivity contribution >= 4 is 17.5 Å². The van der Waals surface area contributed by atoms with E-state index in [-0.39, 0.29) is 17.1 Å². The van der Waals surface area contributed by atoms with Crippen LogP contribution in [0.3, 0.4) is 0 Å². The number of carbonyl (C=O) groups is 1. The smallest absolute Gasteiger partial charge is 0.274 e. The van der Waals surface area contributed by atoms with Crippen LogP contribution in [-0.4, -0.2) is 42.7 Å². The minimum atomic E-state index is -0.369. The highest BCUT2D eigenvalue weighted by Gasteiger charge is 2.18. The number of aryl methyl sites for hydroxylation is 1. The Hall–Kier alpha value is -3.03. The Morgan fingerprint density at radius 2 is 1.56 bits per heavy atom. The highest BCUT2D eigenvalue weighted by atomic mass is 16.5. The van der Waals surface area contributed by atoms with Crippen molar-refractivity contribution in [3.63, 3.8) is 0 Å². The fraction of sp³-hybridized carbons (Fsp3) is 0.421. The van der Waals surface area contributed by atoms with Crippen molar-refractivity contribution < 1.29 is 19.0 Å². The van der Waals surface area contributed by atoms with Gasteiger partial charge in [-0.25, -0.2) is 9.97 Å². The summed E-state index contributed by atoms with van der Waals surface area (Å²) in [6, 6.07) is 4.93. The Balaban J connectivity index is 2.32. The molecule has 0 aliphatic rings. The SMILES string of the molecule is COc1cc(NC(=O)c2cc(C)nc(NC(C)(C)C)n2)cc(OC)c1OC. The van der Waals surface area contributed by atoms with E-state index in [9.17, 15) is 4.79 Å². The first kappa shape index (κ1) is 20.3. The van der Waals surface area contributed by atoms with Crippen LogP contribution in [-0.2, 0) is 0 Å². The zero-order valence-corrected chi connectivity index (χ0v) is 16.8. The second-order valence-electron chi connectivity index (χ2n) is 6.96. The summed E-state index contributed by atoms with van der Waals surface area (Å²) in [5.41, 5.74) is 1.21. The van der Waals surface area contributed by atoms with Crippen LogP contribution in [0.1, 0.15) is 37.0 Å². The van der Waals surface area contributed by atoms with Gasteiger partial charge < -0.3 is 24.8 Å². The molecule has 2 N–H and O–H groups in total. The number of benzene rings is 1. The minimum Gasteiger partial charge on any atom is -0.493 e. The number of nitrogens with zero attached hydrogens (tertiary/aromatic N) is 2. The zero-order chi connectivity index (χ0) is 20.2. The van der Waals surface area contributed by atoms with Crippen molar-refractivity contribution in [2.75, 3.05) is 32.0 Å². The molecule has 2 aromatic rings. The number of aromatic nitrogens is 2. The molecular formula is C19H26N4O4. The standard InChI is InChI=1S/C19H26N4O4/c1-11-8-13(22-18(20-11)23-19(2,3)4)17(24)21-12-9-14(25-5)16(27-7)15(10-12)26-6/h8-10H,1-7H3,(H,21,24)(H,20,22,23). The molecular weight excluding hydrogens is 348 g/mol. The summed E-state index contributed by atoms with van der Waals surface area (Å²) in [5, 5.41) is 5.98. The van der Waals surface area contributed by atoms with Crippen LogP contribution in [0, 0.1) is 6.92 Å². The van der Waals surface area contributed by atoms with Gasteiger partial charge in [0.15, 0.2) is 11.5 Å². The monoisotopic (exact) mass is 374 g/mol. The van der Waals surface area contributed by atoms with E-state index in [4.69, 9.17) is 14.2 Å². The molecule has 1 aromatic heterocycles. The quantitative estimate of drug-likeness (QED) is 0.801. The molecule has 0 bridgehead atoms. The van der Waals surface area contributed by atoms with E-state index in [0.717, 1.165) is 0 Å². The molecule has 0 fully saturated rings. The number of carbonyl (C=O) groups excluding carboxylic acids is 1. The summed E-state index contributed by atoms with van der Waals surface area (Å²) in [5.74, 6) is 1.37. The Bertz CT molecular complexity index is 806. The molecule has 8 nitrogen and oxygen atoms in total. The van der Waals surface area contributed by atoms with E-state index in [0.29, 0.717) is 34.6 Å². The maximum Gasteiger partial charge on any atom is 0.274 e. The number of ether oxygens (including phenoxy) is 3. The molecule has 8 heteroatoms. The first-order valence-corrected chi connectivity index (χ1v) is 8.42. The van der Waals surface area contributed by atoms with Crippen LogP contribution in [0.4, 0.5) is 11.6 Å². The Labute approximate surface area is 159 Å². The summed E-state index contributed by atoms with van der Waals surface area (Å²) >= 11 is 0. The number of rotatable bonds is 6. The topological polar surface area (TPSA) is 94.6 Å². The molecule has 0 radical (unpaired) electrons. The molecule has 0 unspecified atom stereocenters. The summed E-state index contributed by atoms with van der Waals surface area (Å²) in [7, 11) is 4.55. The van der Waals surface area contributed by atoms with Crippen molar-refractivity contribution in [1.82, 2.24) is 9.97 Å². The van der Waals surface area contributed by atoms with Crippen molar-refractivity contribution in [3.8, 4) is 17.2 Å². The third-order valence-corrected chi connectivity index (χ3v) is 3.50. The maximum absolute atomic E-state index is 12.7. The van der Waals surface area contributed by atoms with Crippen molar-refractivity contribution in [1.29, 1.82) is 0 Å². The zero-order valence-electron chi connectivity index (χ0n) is 16.8. The van der Waals surface area contributed by atoms with E-state index in [1.54, 1.807) is 18.2 Å². The normalized spacial score (nSPS) is 10.9. The van der Waals surface area contributed by atoms with Crippen LogP contribution < -0.4 is 24.8 Å². The number of hydrogen-bond acceptors (Lipinski definition) is 7. The lowest BCUT2D eigenvalue weighted by Crippen LogP contribution is -2.28. The Morgan fingerprint density at radius 3 is 2.04 bits per heavy atom. The van der Waals surface area contributed by atoms with E-state index in [2.05, 4.69) is 20.6 Å². The average Bonchev–Trinajstić information content (AvgIpc) is 2.58. The molecule has 0 saturated heterocycles. The summed E-state index contributed by atoms with van der Waals surface area (Å²) < 4.78 is 15.9. The predicted molar refractivity (Wildman–Crippen MR) is 104 cm³/mol. The molecule has 0 atom stereocenters. The lowest BCUT2D eigenvalue weighted by Gasteiger charge is -2.21. The number of methoxy groups -OCH3 is 3. The van der Waals surface area contributed by atoms with Crippen LogP contribution in [0.2, 0.25) is 0 Å². The predicted octanol–water partition coefficient (Wildman–Crippen LogP) is 3.27. The maximum atomic E-state index is 12.7. The van der Waals surface area contributed by atoms with Crippen molar-refractivity contribution in [2.24, 2.45) is 0 Å². The third kappa shape index (κ3) is 5.22. The molecule has 1 amide bonds. The van der Waals surface area contributed by atoms with Gasteiger partial charge in [0.25, 0.3) is 5.91 Å². The van der Waals surface area contributed by atoms with Crippen LogP contribution in [0.15, 0.2) is 18.2 Å². The number of anilines is 2. The third-order valence-electron chi connectivity index (χ3n) is 3.50. The molecule has 2 rings (SSSR count). The average molecular weight is 374 g/mol. The molecule has 146 valence electrons. The van der Waals surface area contributed by atoms with Gasteiger partial charge in [0, 0.05) is 29.1 Å². The van der Waals surface area contributed by atoms with E-state index >= 15 is 0 Å². The van der Waals surface area contributed by atoms with Gasteiger partial charge in [-0.3, -0.25) is 4.79 Å². The van der Waals surface area contributed by atoms with E-state index in [1.807, 2.05) is 27.7 Å². The van der Waals surface area contributed by atoms with E-state index in [1.165, 1.54) is 21.3 Å². The lowest BCUT2D eigenvalue weighted by molar-refractivity contribution is 0.102. The molecule has 0 aliphatic carbocycles. The van der Waals surface area contributed by atoms with Crippen molar-refractivity contribution in [3.05, 3.63) is 29.6 Å². The first-order chi connectivity index (χ1) is 12.7. The molecule has 0 spiro atoms. The number of nitrogens with one attached hydrogen (secondary N) is 2. The second kappa shape index (κ2) is 8.11. The first-order valence-electron chi connectivity index (χ1n) is 8.42. The lowest BCUT2D eigenvalue weighted by atomic mass is 10.1. The molecule has 0 saturated carbocycles. The molecule has 0 aliphatic heterocycles. The summed E-state index contributed by atoms with van der Waals surface area (Å²) in [6.07, 6.45) is 0. The van der Waals surface area contributed by atoms with Crippen LogP contribution >= 0.6 is 0 Å². The summed E-state index contributed by atoms with van der Waals surface area (Å²) in [6.45, 7) is 7.79. The minimum absolute atomic E-state index is 0.224. The number of amides is 1. The van der Waals surface area contributed by atoms with Gasteiger partial charge >= 0.3 is 0 Å². The van der Waals surface area contributed by atoms with Gasteiger partial charge in [-0.1, -0.05) is 0 Å². The largest absolute Gasteiger partial charge is 0.493 e. The molecule has 1 aromatic carbocycles. The van der Waals surface area contributed by atoms with Gasteiger partial charge in [-0.05, 0) is 33.8 Å². The highest BCUT2D eigenvalue weighted by molar-refractivity contribution is 6.03. The van der Waals surface area contributed by atoms with Gasteiger partial charge in [-0.2, -0.15) is 0 Å².